The van der Waals surface area contributed by atoms with Gasteiger partial charge in [0.25, 0.3) is 0 Å². The molecule has 2 aromatic carbocycles. The fraction of sp³-hybridized carbons (Fsp3) is 0.562. The summed E-state index contributed by atoms with van der Waals surface area (Å²) < 4.78 is 0. The van der Waals surface area contributed by atoms with Gasteiger partial charge in [-0.2, -0.15) is 0 Å². The number of aliphatic imine (C=N–C) groups is 2. The molecule has 2 rings (SSSR count). The van der Waals surface area contributed by atoms with Gasteiger partial charge in [-0.3, -0.25) is 9.98 Å². The molecule has 2 N–H and O–H groups in total. The molecule has 0 aromatic heterocycles. The summed E-state index contributed by atoms with van der Waals surface area (Å²) >= 11 is 0. The molecule has 2 aromatic rings. The summed E-state index contributed by atoms with van der Waals surface area (Å²) in [4.78, 5) is 9.09. The van der Waals surface area contributed by atoms with Crippen molar-refractivity contribution in [2.24, 2.45) is 21.8 Å². The number of rotatable bonds is 13. The van der Waals surface area contributed by atoms with Crippen LogP contribution in [0.25, 0.3) is 0 Å². The zero-order valence-corrected chi connectivity index (χ0v) is 23.8. The van der Waals surface area contributed by atoms with Crippen molar-refractivity contribution in [1.29, 1.82) is 0 Å². The van der Waals surface area contributed by atoms with Crippen molar-refractivity contribution < 1.29 is 10.2 Å². The lowest BCUT2D eigenvalue weighted by Gasteiger charge is -2.14. The Balaban J connectivity index is 2.12. The van der Waals surface area contributed by atoms with Gasteiger partial charge < -0.3 is 10.2 Å². The lowest BCUT2D eigenvalue weighted by molar-refractivity contribution is 0.463. The molecule has 0 aliphatic rings. The standard InChI is InChI=1S/C32H48N2O2/c1-21(2)9-11-25-15-27(31(35)29(17-25)23(5)6)19-33-13-14-34-20-28-16-26(12-10-22(3)4)18-30(24(7)8)32(28)36/h15-24,35-36H,9-14H2,1-8H3. The number of nitrogens with zero attached hydrogens (tertiary/aromatic N) is 2. The van der Waals surface area contributed by atoms with Crippen molar-refractivity contribution >= 4 is 12.4 Å². The fourth-order valence-corrected chi connectivity index (χ4v) is 4.21. The van der Waals surface area contributed by atoms with Gasteiger partial charge in [0.1, 0.15) is 11.5 Å². The normalized spacial score (nSPS) is 12.4. The van der Waals surface area contributed by atoms with E-state index in [0.717, 1.165) is 47.9 Å². The number of phenols is 2. The predicted octanol–water partition coefficient (Wildman–Crippen LogP) is 8.06. The SMILES string of the molecule is CC(C)CCc1cc(C=NCCN=Cc2cc(CCC(C)C)cc(C(C)C)c2O)c(O)c(C(C)C)c1. The summed E-state index contributed by atoms with van der Waals surface area (Å²) in [6.07, 6.45) is 7.80. The van der Waals surface area contributed by atoms with Gasteiger partial charge in [0, 0.05) is 23.6 Å². The Kier molecular flexibility index (Phi) is 11.7. The molecule has 0 saturated heterocycles. The third kappa shape index (κ3) is 9.11. The van der Waals surface area contributed by atoms with Gasteiger partial charge in [-0.15, -0.1) is 0 Å². The Bertz CT molecular complexity index is 949. The summed E-state index contributed by atoms with van der Waals surface area (Å²) in [5, 5.41) is 21.5. The highest BCUT2D eigenvalue weighted by Gasteiger charge is 2.13. The molecule has 4 nitrogen and oxygen atoms in total. The van der Waals surface area contributed by atoms with Crippen LogP contribution >= 0.6 is 0 Å². The Labute approximate surface area is 219 Å². The molecule has 0 spiro atoms. The van der Waals surface area contributed by atoms with Gasteiger partial charge in [0.2, 0.25) is 0 Å². The number of hydrogen-bond donors (Lipinski definition) is 2. The van der Waals surface area contributed by atoms with Crippen molar-refractivity contribution in [3.63, 3.8) is 0 Å². The van der Waals surface area contributed by atoms with E-state index >= 15 is 0 Å². The molecule has 0 unspecified atom stereocenters. The molecule has 0 heterocycles. The number of benzene rings is 2. The van der Waals surface area contributed by atoms with Gasteiger partial charge >= 0.3 is 0 Å². The van der Waals surface area contributed by atoms with E-state index in [-0.39, 0.29) is 11.8 Å². The maximum atomic E-state index is 10.8. The first-order valence-electron chi connectivity index (χ1n) is 13.7. The lowest BCUT2D eigenvalue weighted by atomic mass is 9.93. The molecule has 0 aliphatic carbocycles. The van der Waals surface area contributed by atoms with E-state index < -0.39 is 0 Å². The molecule has 0 saturated carbocycles. The van der Waals surface area contributed by atoms with Crippen molar-refractivity contribution in [2.45, 2.75) is 92.9 Å². The molecule has 0 atom stereocenters. The predicted molar refractivity (Wildman–Crippen MR) is 156 cm³/mol. The van der Waals surface area contributed by atoms with Crippen LogP contribution in [0.5, 0.6) is 11.5 Å². The van der Waals surface area contributed by atoms with Crippen LogP contribution < -0.4 is 0 Å². The Morgan fingerprint density at radius 2 is 0.972 bits per heavy atom. The van der Waals surface area contributed by atoms with Crippen LogP contribution in [0.1, 0.15) is 113 Å². The van der Waals surface area contributed by atoms with Crippen LogP contribution in [0.15, 0.2) is 34.3 Å². The van der Waals surface area contributed by atoms with Gasteiger partial charge in [-0.25, -0.2) is 0 Å². The van der Waals surface area contributed by atoms with E-state index in [2.05, 4.69) is 89.6 Å². The minimum atomic E-state index is 0.250. The summed E-state index contributed by atoms with van der Waals surface area (Å²) in [5.74, 6) is 2.44. The first-order chi connectivity index (χ1) is 17.0. The molecule has 4 heteroatoms. The van der Waals surface area contributed by atoms with Crippen molar-refractivity contribution in [3.8, 4) is 11.5 Å². The zero-order valence-electron chi connectivity index (χ0n) is 23.8. The van der Waals surface area contributed by atoms with Crippen molar-refractivity contribution in [1.82, 2.24) is 0 Å². The van der Waals surface area contributed by atoms with Crippen LogP contribution in [0.3, 0.4) is 0 Å². The monoisotopic (exact) mass is 492 g/mol. The molecule has 198 valence electrons. The minimum Gasteiger partial charge on any atom is -0.507 e. The third-order valence-corrected chi connectivity index (χ3v) is 6.54. The van der Waals surface area contributed by atoms with E-state index in [1.54, 1.807) is 12.4 Å². The largest absolute Gasteiger partial charge is 0.507 e. The van der Waals surface area contributed by atoms with E-state index in [1.807, 2.05) is 0 Å². The average molecular weight is 493 g/mol. The zero-order chi connectivity index (χ0) is 26.8. The number of hydrogen-bond acceptors (Lipinski definition) is 4. The van der Waals surface area contributed by atoms with Crippen molar-refractivity contribution in [2.75, 3.05) is 13.1 Å². The van der Waals surface area contributed by atoms with Gasteiger partial charge in [-0.05, 0) is 83.7 Å². The maximum Gasteiger partial charge on any atom is 0.127 e. The van der Waals surface area contributed by atoms with Gasteiger partial charge in [0.15, 0.2) is 0 Å². The Morgan fingerprint density at radius 1 is 0.611 bits per heavy atom. The third-order valence-electron chi connectivity index (χ3n) is 6.54. The number of phenolic OH excluding ortho intramolecular Hbond substituents is 2. The molecule has 0 fully saturated rings. The van der Waals surface area contributed by atoms with E-state index in [1.165, 1.54) is 11.1 Å². The van der Waals surface area contributed by atoms with Crippen LogP contribution in [0.2, 0.25) is 0 Å². The summed E-state index contributed by atoms with van der Waals surface area (Å²) in [7, 11) is 0. The Morgan fingerprint density at radius 3 is 1.28 bits per heavy atom. The fourth-order valence-electron chi connectivity index (χ4n) is 4.21. The smallest absolute Gasteiger partial charge is 0.127 e. The quantitative estimate of drug-likeness (QED) is 0.219. The highest BCUT2D eigenvalue weighted by atomic mass is 16.3. The maximum absolute atomic E-state index is 10.8. The summed E-state index contributed by atoms with van der Waals surface area (Å²) in [6, 6.07) is 8.39. The molecular formula is C32H48N2O2. The average Bonchev–Trinajstić information content (AvgIpc) is 2.80. The molecule has 0 bridgehead atoms. The molecular weight excluding hydrogens is 444 g/mol. The minimum absolute atomic E-state index is 0.250. The van der Waals surface area contributed by atoms with Crippen LogP contribution in [-0.2, 0) is 12.8 Å². The first-order valence-corrected chi connectivity index (χ1v) is 13.7. The molecule has 36 heavy (non-hydrogen) atoms. The number of aryl methyl sites for hydroxylation is 2. The topological polar surface area (TPSA) is 65.2 Å². The summed E-state index contributed by atoms with van der Waals surface area (Å²) in [6.45, 7) is 18.4. The van der Waals surface area contributed by atoms with Gasteiger partial charge in [0.05, 0.1) is 13.1 Å². The molecule has 0 aliphatic heterocycles. The second-order valence-electron chi connectivity index (χ2n) is 11.5. The molecule has 0 amide bonds. The van der Waals surface area contributed by atoms with Crippen molar-refractivity contribution in [3.05, 3.63) is 57.6 Å². The highest BCUT2D eigenvalue weighted by molar-refractivity contribution is 5.85. The summed E-state index contributed by atoms with van der Waals surface area (Å²) in [5.41, 5.74) is 6.01. The Hall–Kier alpha value is -2.62. The van der Waals surface area contributed by atoms with Crippen LogP contribution in [-0.4, -0.2) is 35.7 Å². The van der Waals surface area contributed by atoms with Crippen LogP contribution in [0.4, 0.5) is 0 Å². The van der Waals surface area contributed by atoms with E-state index in [0.29, 0.717) is 36.4 Å². The number of aromatic hydroxyl groups is 2. The lowest BCUT2D eigenvalue weighted by Crippen LogP contribution is -2.00. The first kappa shape index (κ1) is 29.6. The second-order valence-corrected chi connectivity index (χ2v) is 11.5. The highest BCUT2D eigenvalue weighted by Crippen LogP contribution is 2.32. The second kappa shape index (κ2) is 14.2. The van der Waals surface area contributed by atoms with E-state index in [4.69, 9.17) is 0 Å². The molecule has 0 radical (unpaired) electrons. The van der Waals surface area contributed by atoms with Crippen LogP contribution in [0, 0.1) is 11.8 Å². The van der Waals surface area contributed by atoms with E-state index in [9.17, 15) is 10.2 Å². The van der Waals surface area contributed by atoms with Gasteiger partial charge in [-0.1, -0.05) is 67.5 Å².